The molecule has 0 bridgehead atoms. The Hall–Kier alpha value is -3.41. The topological polar surface area (TPSA) is 81.2 Å². The molecule has 0 aliphatic carbocycles. The number of para-hydroxylation sites is 1. The van der Waals surface area contributed by atoms with Crippen molar-refractivity contribution in [2.75, 3.05) is 0 Å². The average molecular weight is 361 g/mol. The van der Waals surface area contributed by atoms with Crippen LogP contribution >= 0.6 is 0 Å². The van der Waals surface area contributed by atoms with Gasteiger partial charge in [0.15, 0.2) is 5.76 Å². The number of aromatic nitrogens is 2. The SMILES string of the molecule is Cc1cccc(CNC(=O)c2nnc(-c3oc4c(C)cccc4c3C)o2)c1. The molecule has 1 amide bonds. The molecule has 0 saturated heterocycles. The van der Waals surface area contributed by atoms with Crippen molar-refractivity contribution in [2.24, 2.45) is 0 Å². The standard InChI is InChI=1S/C21H19N3O3/c1-12-6-4-8-15(10-12)11-22-19(25)21-24-23-20(27-21)18-14(3)16-9-5-7-13(2)17(16)26-18/h4-10H,11H2,1-3H3,(H,22,25). The molecule has 0 unspecified atom stereocenters. The van der Waals surface area contributed by atoms with E-state index in [0.29, 0.717) is 12.3 Å². The molecule has 2 aromatic carbocycles. The van der Waals surface area contributed by atoms with Crippen LogP contribution in [0.4, 0.5) is 0 Å². The fraction of sp³-hybridized carbons (Fsp3) is 0.190. The number of fused-ring (bicyclic) bond motifs is 1. The molecule has 4 rings (SSSR count). The Balaban J connectivity index is 1.56. The van der Waals surface area contributed by atoms with Crippen LogP contribution in [0.5, 0.6) is 0 Å². The van der Waals surface area contributed by atoms with Gasteiger partial charge >= 0.3 is 11.8 Å². The highest BCUT2D eigenvalue weighted by molar-refractivity contribution is 5.90. The predicted octanol–water partition coefficient (Wildman–Crippen LogP) is 4.34. The summed E-state index contributed by atoms with van der Waals surface area (Å²) >= 11 is 0. The maximum atomic E-state index is 12.3. The lowest BCUT2D eigenvalue weighted by Crippen LogP contribution is -2.23. The number of carbonyl (C=O) groups is 1. The summed E-state index contributed by atoms with van der Waals surface area (Å²) in [5, 5.41) is 11.6. The number of hydrogen-bond acceptors (Lipinski definition) is 5. The van der Waals surface area contributed by atoms with E-state index in [1.807, 2.05) is 63.2 Å². The summed E-state index contributed by atoms with van der Waals surface area (Å²) in [5.41, 5.74) is 4.86. The summed E-state index contributed by atoms with van der Waals surface area (Å²) < 4.78 is 11.5. The Morgan fingerprint density at radius 2 is 1.85 bits per heavy atom. The van der Waals surface area contributed by atoms with Crippen molar-refractivity contribution < 1.29 is 13.6 Å². The molecule has 136 valence electrons. The molecule has 0 spiro atoms. The van der Waals surface area contributed by atoms with Gasteiger partial charge in [0.25, 0.3) is 5.89 Å². The molecular weight excluding hydrogens is 342 g/mol. The molecule has 0 atom stereocenters. The molecule has 6 nitrogen and oxygen atoms in total. The molecule has 0 radical (unpaired) electrons. The van der Waals surface area contributed by atoms with E-state index in [1.54, 1.807) is 0 Å². The van der Waals surface area contributed by atoms with Crippen LogP contribution < -0.4 is 5.32 Å². The van der Waals surface area contributed by atoms with Gasteiger partial charge in [0.2, 0.25) is 0 Å². The van der Waals surface area contributed by atoms with Gasteiger partial charge in [-0.1, -0.05) is 48.0 Å². The molecule has 0 aliphatic rings. The number of rotatable bonds is 4. The maximum absolute atomic E-state index is 12.3. The van der Waals surface area contributed by atoms with Gasteiger partial charge < -0.3 is 14.2 Å². The zero-order chi connectivity index (χ0) is 19.0. The Kier molecular flexibility index (Phi) is 4.24. The van der Waals surface area contributed by atoms with E-state index in [9.17, 15) is 4.79 Å². The summed E-state index contributed by atoms with van der Waals surface area (Å²) in [6.45, 7) is 6.31. The van der Waals surface area contributed by atoms with Crippen LogP contribution in [-0.4, -0.2) is 16.1 Å². The largest absolute Gasteiger partial charge is 0.450 e. The first-order chi connectivity index (χ1) is 13.0. The van der Waals surface area contributed by atoms with Crippen LogP contribution in [0.25, 0.3) is 22.6 Å². The molecule has 2 heterocycles. The molecule has 0 fully saturated rings. The number of nitrogens with one attached hydrogen (secondary N) is 1. The summed E-state index contributed by atoms with van der Waals surface area (Å²) in [6, 6.07) is 13.9. The maximum Gasteiger partial charge on any atom is 0.309 e. The first-order valence-corrected chi connectivity index (χ1v) is 8.69. The average Bonchev–Trinajstić information content (AvgIpc) is 3.26. The van der Waals surface area contributed by atoms with Gasteiger partial charge in [0.1, 0.15) is 5.58 Å². The van der Waals surface area contributed by atoms with E-state index in [1.165, 1.54) is 0 Å². The Bertz CT molecular complexity index is 1140. The van der Waals surface area contributed by atoms with Crippen molar-refractivity contribution in [1.29, 1.82) is 0 Å². The smallest absolute Gasteiger partial charge is 0.309 e. The molecule has 4 aromatic rings. The van der Waals surface area contributed by atoms with Crippen molar-refractivity contribution >= 4 is 16.9 Å². The number of carbonyl (C=O) groups excluding carboxylic acids is 1. The van der Waals surface area contributed by atoms with Crippen LogP contribution in [-0.2, 0) is 6.54 Å². The van der Waals surface area contributed by atoms with E-state index in [-0.39, 0.29) is 11.8 Å². The lowest BCUT2D eigenvalue weighted by Gasteiger charge is -2.03. The number of nitrogens with zero attached hydrogens (tertiary/aromatic N) is 2. The fourth-order valence-corrected chi connectivity index (χ4v) is 3.08. The van der Waals surface area contributed by atoms with Gasteiger partial charge in [0.05, 0.1) is 0 Å². The Morgan fingerprint density at radius 1 is 1.04 bits per heavy atom. The molecule has 0 saturated carbocycles. The second-order valence-electron chi connectivity index (χ2n) is 6.59. The first kappa shape index (κ1) is 17.0. The second kappa shape index (κ2) is 6.72. The Labute approximate surface area is 156 Å². The highest BCUT2D eigenvalue weighted by Crippen LogP contribution is 2.33. The highest BCUT2D eigenvalue weighted by atomic mass is 16.4. The molecule has 2 aromatic heterocycles. The summed E-state index contributed by atoms with van der Waals surface area (Å²) in [4.78, 5) is 12.3. The van der Waals surface area contributed by atoms with Crippen molar-refractivity contribution in [1.82, 2.24) is 15.5 Å². The zero-order valence-electron chi connectivity index (χ0n) is 15.4. The van der Waals surface area contributed by atoms with Gasteiger partial charge in [0, 0.05) is 17.5 Å². The second-order valence-corrected chi connectivity index (χ2v) is 6.59. The third kappa shape index (κ3) is 3.21. The summed E-state index contributed by atoms with van der Waals surface area (Å²) in [6.07, 6.45) is 0. The fourth-order valence-electron chi connectivity index (χ4n) is 3.08. The molecule has 27 heavy (non-hydrogen) atoms. The monoisotopic (exact) mass is 361 g/mol. The number of benzene rings is 2. The van der Waals surface area contributed by atoms with Crippen molar-refractivity contribution in [3.05, 3.63) is 70.6 Å². The van der Waals surface area contributed by atoms with Crippen LogP contribution in [0, 0.1) is 20.8 Å². The summed E-state index contributed by atoms with van der Waals surface area (Å²) in [7, 11) is 0. The lowest BCUT2D eigenvalue weighted by molar-refractivity contribution is 0.0916. The van der Waals surface area contributed by atoms with E-state index in [0.717, 1.165) is 33.2 Å². The molecule has 0 aliphatic heterocycles. The quantitative estimate of drug-likeness (QED) is 0.585. The zero-order valence-corrected chi connectivity index (χ0v) is 15.4. The van der Waals surface area contributed by atoms with Gasteiger partial charge in [-0.05, 0) is 31.9 Å². The van der Waals surface area contributed by atoms with E-state index in [2.05, 4.69) is 15.5 Å². The van der Waals surface area contributed by atoms with E-state index < -0.39 is 5.91 Å². The normalized spacial score (nSPS) is 11.1. The third-order valence-electron chi connectivity index (χ3n) is 4.51. The minimum atomic E-state index is -0.416. The first-order valence-electron chi connectivity index (χ1n) is 8.69. The minimum Gasteiger partial charge on any atom is -0.450 e. The number of aryl methyl sites for hydroxylation is 3. The number of amides is 1. The van der Waals surface area contributed by atoms with Crippen molar-refractivity contribution in [2.45, 2.75) is 27.3 Å². The molecule has 6 heteroatoms. The van der Waals surface area contributed by atoms with Crippen LogP contribution in [0.2, 0.25) is 0 Å². The third-order valence-corrected chi connectivity index (χ3v) is 4.51. The van der Waals surface area contributed by atoms with Crippen LogP contribution in [0.3, 0.4) is 0 Å². The van der Waals surface area contributed by atoms with Crippen molar-refractivity contribution in [3.8, 4) is 11.7 Å². The molecular formula is C21H19N3O3. The van der Waals surface area contributed by atoms with E-state index >= 15 is 0 Å². The predicted molar refractivity (Wildman–Crippen MR) is 101 cm³/mol. The number of furan rings is 1. The Morgan fingerprint density at radius 3 is 2.63 bits per heavy atom. The number of hydrogen-bond donors (Lipinski definition) is 1. The van der Waals surface area contributed by atoms with Gasteiger partial charge in [-0.3, -0.25) is 4.79 Å². The highest BCUT2D eigenvalue weighted by Gasteiger charge is 2.21. The lowest BCUT2D eigenvalue weighted by atomic mass is 10.1. The minimum absolute atomic E-state index is 0.0887. The van der Waals surface area contributed by atoms with Crippen molar-refractivity contribution in [3.63, 3.8) is 0 Å². The van der Waals surface area contributed by atoms with Gasteiger partial charge in [-0.25, -0.2) is 0 Å². The summed E-state index contributed by atoms with van der Waals surface area (Å²) in [5.74, 6) is 0.183. The van der Waals surface area contributed by atoms with Crippen LogP contribution in [0.1, 0.15) is 32.9 Å². The molecule has 1 N–H and O–H groups in total. The van der Waals surface area contributed by atoms with Gasteiger partial charge in [-0.2, -0.15) is 0 Å². The van der Waals surface area contributed by atoms with Crippen LogP contribution in [0.15, 0.2) is 51.3 Å². The van der Waals surface area contributed by atoms with E-state index in [4.69, 9.17) is 8.83 Å². The van der Waals surface area contributed by atoms with Gasteiger partial charge in [-0.15, -0.1) is 10.2 Å².